The van der Waals surface area contributed by atoms with Crippen molar-refractivity contribution in [3.05, 3.63) is 100 Å². The molecule has 37 heavy (non-hydrogen) atoms. The lowest BCUT2D eigenvalue weighted by molar-refractivity contribution is -0.137. The van der Waals surface area contributed by atoms with Crippen molar-refractivity contribution in [2.45, 2.75) is 52.0 Å². The predicted octanol–water partition coefficient (Wildman–Crippen LogP) is 6.70. The van der Waals surface area contributed by atoms with Gasteiger partial charge < -0.3 is 19.6 Å². The van der Waals surface area contributed by atoms with Crippen LogP contribution in [0.4, 0.5) is 5.69 Å². The molecule has 0 aliphatic heterocycles. The molecule has 1 aliphatic rings. The van der Waals surface area contributed by atoms with Crippen molar-refractivity contribution in [1.29, 1.82) is 0 Å². The van der Waals surface area contributed by atoms with E-state index in [2.05, 4.69) is 48.6 Å². The number of rotatable bonds is 10. The van der Waals surface area contributed by atoms with Gasteiger partial charge in [0.1, 0.15) is 11.5 Å². The third-order valence-electron chi connectivity index (χ3n) is 7.03. The molecule has 6 heteroatoms. The van der Waals surface area contributed by atoms with Crippen LogP contribution in [0.5, 0.6) is 5.75 Å². The van der Waals surface area contributed by atoms with Crippen LogP contribution in [-0.4, -0.2) is 22.7 Å². The minimum Gasteiger partial charge on any atom is -0.493 e. The van der Waals surface area contributed by atoms with Crippen LogP contribution in [0.25, 0.3) is 11.5 Å². The maximum Gasteiger partial charge on any atom is 0.303 e. The number of hydrogen-bond acceptors (Lipinski definition) is 5. The number of aliphatic carboxylic acids is 1. The zero-order valence-electron chi connectivity index (χ0n) is 21.3. The Morgan fingerprint density at radius 2 is 1.95 bits per heavy atom. The predicted molar refractivity (Wildman–Crippen MR) is 144 cm³/mol. The zero-order valence-corrected chi connectivity index (χ0v) is 21.3. The van der Waals surface area contributed by atoms with Crippen molar-refractivity contribution in [1.82, 2.24) is 4.98 Å². The first-order valence-corrected chi connectivity index (χ1v) is 12.8. The molecule has 0 bridgehead atoms. The first-order chi connectivity index (χ1) is 18.0. The van der Waals surface area contributed by atoms with Gasteiger partial charge in [-0.2, -0.15) is 0 Å². The summed E-state index contributed by atoms with van der Waals surface area (Å²) in [6.07, 6.45) is 2.61. The fraction of sp³-hybridized carbons (Fsp3) is 0.290. The number of hydrogen-bond donors (Lipinski definition) is 2. The fourth-order valence-corrected chi connectivity index (χ4v) is 5.05. The molecule has 1 atom stereocenters. The van der Waals surface area contributed by atoms with Gasteiger partial charge in [-0.3, -0.25) is 4.79 Å². The van der Waals surface area contributed by atoms with Crippen molar-refractivity contribution in [2.24, 2.45) is 0 Å². The molecule has 0 saturated heterocycles. The second kappa shape index (κ2) is 10.9. The molecule has 1 aliphatic carbocycles. The molecule has 5 rings (SSSR count). The Morgan fingerprint density at radius 3 is 2.73 bits per heavy atom. The average molecular weight is 497 g/mol. The Balaban J connectivity index is 1.18. The quantitative estimate of drug-likeness (QED) is 0.254. The van der Waals surface area contributed by atoms with Gasteiger partial charge in [0, 0.05) is 24.2 Å². The van der Waals surface area contributed by atoms with Crippen molar-refractivity contribution in [3.8, 4) is 17.2 Å². The van der Waals surface area contributed by atoms with E-state index >= 15 is 0 Å². The number of nitrogens with one attached hydrogen (secondary N) is 1. The summed E-state index contributed by atoms with van der Waals surface area (Å²) in [5, 5.41) is 12.6. The Bertz CT molecular complexity index is 1390. The Labute approximate surface area is 217 Å². The highest BCUT2D eigenvalue weighted by atomic mass is 16.5. The topological polar surface area (TPSA) is 84.6 Å². The van der Waals surface area contributed by atoms with E-state index in [1.807, 2.05) is 37.3 Å². The number of aromatic nitrogens is 1. The number of anilines is 1. The third kappa shape index (κ3) is 5.85. The van der Waals surface area contributed by atoms with Crippen molar-refractivity contribution in [3.63, 3.8) is 0 Å². The first kappa shape index (κ1) is 24.6. The molecule has 0 radical (unpaired) electrons. The number of aryl methyl sites for hydroxylation is 3. The number of carboxylic acid groups (broad SMARTS) is 1. The van der Waals surface area contributed by atoms with Gasteiger partial charge in [-0.15, -0.1) is 0 Å². The van der Waals surface area contributed by atoms with E-state index in [1.54, 1.807) is 0 Å². The summed E-state index contributed by atoms with van der Waals surface area (Å²) in [6.45, 7) is 5.27. The van der Waals surface area contributed by atoms with Crippen molar-refractivity contribution >= 4 is 11.7 Å². The number of benzene rings is 3. The van der Waals surface area contributed by atoms with Crippen LogP contribution in [-0.2, 0) is 24.2 Å². The molecule has 3 aromatic carbocycles. The van der Waals surface area contributed by atoms with Crippen LogP contribution in [0.3, 0.4) is 0 Å². The summed E-state index contributed by atoms with van der Waals surface area (Å²) in [6, 6.07) is 22.6. The number of carbonyl (C=O) groups is 1. The van der Waals surface area contributed by atoms with E-state index < -0.39 is 5.97 Å². The highest BCUT2D eigenvalue weighted by Gasteiger charge is 2.25. The van der Waals surface area contributed by atoms with Crippen molar-refractivity contribution in [2.75, 3.05) is 11.9 Å². The summed E-state index contributed by atoms with van der Waals surface area (Å²) < 4.78 is 12.0. The molecule has 6 nitrogen and oxygen atoms in total. The minimum absolute atomic E-state index is 0.106. The second-order valence-corrected chi connectivity index (χ2v) is 9.68. The summed E-state index contributed by atoms with van der Waals surface area (Å²) in [5.74, 6) is 1.60. The molecular weight excluding hydrogens is 464 g/mol. The summed E-state index contributed by atoms with van der Waals surface area (Å²) in [7, 11) is 0. The summed E-state index contributed by atoms with van der Waals surface area (Å²) in [4.78, 5) is 15.9. The van der Waals surface area contributed by atoms with Crippen LogP contribution in [0, 0.1) is 13.8 Å². The number of oxazole rings is 1. The lowest BCUT2D eigenvalue weighted by Gasteiger charge is -2.10. The molecule has 190 valence electrons. The van der Waals surface area contributed by atoms with Gasteiger partial charge in [-0.1, -0.05) is 36.4 Å². The highest BCUT2D eigenvalue weighted by Crippen LogP contribution is 2.37. The summed E-state index contributed by atoms with van der Waals surface area (Å²) >= 11 is 0. The largest absolute Gasteiger partial charge is 0.493 e. The third-order valence-corrected chi connectivity index (χ3v) is 7.03. The van der Waals surface area contributed by atoms with Crippen LogP contribution >= 0.6 is 0 Å². The molecule has 0 fully saturated rings. The van der Waals surface area contributed by atoms with Gasteiger partial charge in [-0.25, -0.2) is 4.98 Å². The molecule has 2 N–H and O–H groups in total. The summed E-state index contributed by atoms with van der Waals surface area (Å²) in [5.41, 5.74) is 7.61. The Kier molecular flexibility index (Phi) is 7.26. The Hall–Kier alpha value is -4.06. The number of carboxylic acids is 1. The van der Waals surface area contributed by atoms with Gasteiger partial charge in [0.15, 0.2) is 0 Å². The molecule has 1 aromatic heterocycles. The van der Waals surface area contributed by atoms with E-state index in [-0.39, 0.29) is 12.3 Å². The van der Waals surface area contributed by atoms with Crippen molar-refractivity contribution < 1.29 is 19.1 Å². The van der Waals surface area contributed by atoms with E-state index in [4.69, 9.17) is 19.2 Å². The maximum absolute atomic E-state index is 11.1. The van der Waals surface area contributed by atoms with E-state index in [0.717, 1.165) is 59.0 Å². The Morgan fingerprint density at radius 1 is 1.11 bits per heavy atom. The second-order valence-electron chi connectivity index (χ2n) is 9.68. The first-order valence-electron chi connectivity index (χ1n) is 12.8. The van der Waals surface area contributed by atoms with Crippen LogP contribution in [0.2, 0.25) is 0 Å². The van der Waals surface area contributed by atoms with Gasteiger partial charge in [0.25, 0.3) is 0 Å². The number of ether oxygens (including phenoxy) is 1. The van der Waals surface area contributed by atoms with E-state index in [1.165, 1.54) is 11.1 Å². The number of fused-ring (bicyclic) bond motifs is 1. The normalized spacial score (nSPS) is 14.4. The van der Waals surface area contributed by atoms with E-state index in [9.17, 15) is 4.79 Å². The molecular formula is C31H32N2O4. The lowest BCUT2D eigenvalue weighted by Crippen LogP contribution is -2.04. The SMILES string of the molecule is Cc1cc(NCc2ccccc2)ccc1-c1nc(CCOc2ccc3c(c2)CC[C@H]3CC(=O)O)c(C)o1. The zero-order chi connectivity index (χ0) is 25.8. The monoisotopic (exact) mass is 496 g/mol. The minimum atomic E-state index is -0.744. The lowest BCUT2D eigenvalue weighted by atomic mass is 9.98. The maximum atomic E-state index is 11.1. The van der Waals surface area contributed by atoms with Crippen LogP contribution in [0.15, 0.2) is 71.1 Å². The molecule has 0 amide bonds. The molecule has 4 aromatic rings. The van der Waals surface area contributed by atoms with E-state index in [0.29, 0.717) is 18.9 Å². The van der Waals surface area contributed by atoms with Crippen LogP contribution < -0.4 is 10.1 Å². The molecule has 0 saturated carbocycles. The fourth-order valence-electron chi connectivity index (χ4n) is 5.05. The van der Waals surface area contributed by atoms with Gasteiger partial charge in [0.05, 0.1) is 18.7 Å². The van der Waals surface area contributed by atoms with Gasteiger partial charge in [-0.05, 0) is 85.2 Å². The average Bonchev–Trinajstić information content (AvgIpc) is 3.45. The molecule has 0 unspecified atom stereocenters. The molecule has 0 spiro atoms. The van der Waals surface area contributed by atoms with Gasteiger partial charge in [0.2, 0.25) is 5.89 Å². The molecule has 1 heterocycles. The smallest absolute Gasteiger partial charge is 0.303 e. The number of nitrogens with zero attached hydrogens (tertiary/aromatic N) is 1. The van der Waals surface area contributed by atoms with Gasteiger partial charge >= 0.3 is 5.97 Å². The highest BCUT2D eigenvalue weighted by molar-refractivity contribution is 5.68. The standard InChI is InChI=1S/C31H32N2O4/c1-20-16-25(32-19-22-6-4-3-5-7-22)10-12-27(20)31-33-29(21(2)37-31)14-15-36-26-11-13-28-23(17-26)8-9-24(28)18-30(34)35/h3-7,10-13,16-17,24,32H,8-9,14-15,18-19H2,1-2H3,(H,34,35)/t24-/m0/s1. The van der Waals surface area contributed by atoms with Crippen LogP contribution in [0.1, 0.15) is 52.5 Å².